The van der Waals surface area contributed by atoms with E-state index >= 15 is 0 Å². The van der Waals surface area contributed by atoms with Gasteiger partial charge in [-0.15, -0.1) is 24.0 Å². The van der Waals surface area contributed by atoms with Crippen LogP contribution < -0.4 is 16.0 Å². The van der Waals surface area contributed by atoms with E-state index in [4.69, 9.17) is 0 Å². The Kier molecular flexibility index (Phi) is 11.1. The molecule has 0 bridgehead atoms. The molecule has 0 unspecified atom stereocenters. The molecule has 3 N–H and O–H groups in total. The van der Waals surface area contributed by atoms with Crippen LogP contribution in [0.5, 0.6) is 0 Å². The summed E-state index contributed by atoms with van der Waals surface area (Å²) in [4.78, 5) is 16.9. The van der Waals surface area contributed by atoms with Gasteiger partial charge in [0, 0.05) is 31.5 Å². The van der Waals surface area contributed by atoms with Crippen LogP contribution in [-0.2, 0) is 16.4 Å². The van der Waals surface area contributed by atoms with Gasteiger partial charge in [-0.25, -0.2) is 17.8 Å². The molecule has 7 nitrogen and oxygen atoms in total. The second kappa shape index (κ2) is 12.7. The molecule has 32 heavy (non-hydrogen) atoms. The Morgan fingerprint density at radius 2 is 1.69 bits per heavy atom. The van der Waals surface area contributed by atoms with Gasteiger partial charge in [0.15, 0.2) is 15.8 Å². The van der Waals surface area contributed by atoms with Gasteiger partial charge in [-0.2, -0.15) is 0 Å². The minimum Gasteiger partial charge on any atom is -0.357 e. The first kappa shape index (κ1) is 27.8. The highest BCUT2D eigenvalue weighted by Gasteiger charge is 2.11. The normalized spacial score (nSPS) is 11.5. The molecule has 2 aromatic carbocycles. The SMILES string of the molecule is CCNC(=NCc1ccc(S(C)(=O)=O)c(C)c1)NCCNC(=O)c1ccc(C)c(F)c1.I. The van der Waals surface area contributed by atoms with Crippen LogP contribution in [0.4, 0.5) is 4.39 Å². The van der Waals surface area contributed by atoms with Crippen LogP contribution in [0.3, 0.4) is 0 Å². The number of guanidine groups is 1. The summed E-state index contributed by atoms with van der Waals surface area (Å²) in [6, 6.07) is 9.54. The molecular weight excluding hydrogens is 546 g/mol. The van der Waals surface area contributed by atoms with Gasteiger partial charge in [0.05, 0.1) is 11.4 Å². The van der Waals surface area contributed by atoms with Gasteiger partial charge in [0.1, 0.15) is 5.82 Å². The number of carbonyl (C=O) groups excluding carboxylic acids is 1. The van der Waals surface area contributed by atoms with Crippen molar-refractivity contribution in [2.24, 2.45) is 4.99 Å². The molecule has 0 aliphatic heterocycles. The van der Waals surface area contributed by atoms with E-state index in [-0.39, 0.29) is 35.4 Å². The number of aliphatic imine (C=N–C) groups is 1. The van der Waals surface area contributed by atoms with Crippen LogP contribution in [0.25, 0.3) is 0 Å². The van der Waals surface area contributed by atoms with Crippen LogP contribution in [-0.4, -0.2) is 46.2 Å². The zero-order valence-corrected chi connectivity index (χ0v) is 21.8. The van der Waals surface area contributed by atoms with E-state index in [0.717, 1.165) is 5.56 Å². The number of amides is 1. The number of sulfone groups is 1. The van der Waals surface area contributed by atoms with E-state index in [9.17, 15) is 17.6 Å². The molecule has 2 rings (SSSR count). The molecular formula is C22H30FIN4O3S. The van der Waals surface area contributed by atoms with Gasteiger partial charge in [-0.05, 0) is 55.7 Å². The van der Waals surface area contributed by atoms with Gasteiger partial charge in [-0.3, -0.25) is 4.79 Å². The van der Waals surface area contributed by atoms with Crippen LogP contribution in [0, 0.1) is 19.7 Å². The third-order valence-corrected chi connectivity index (χ3v) is 5.80. The van der Waals surface area contributed by atoms with Crippen molar-refractivity contribution in [1.29, 1.82) is 0 Å². The van der Waals surface area contributed by atoms with E-state index in [2.05, 4.69) is 20.9 Å². The molecule has 176 valence electrons. The Hall–Kier alpha value is -2.21. The number of hydrogen-bond donors (Lipinski definition) is 3. The largest absolute Gasteiger partial charge is 0.357 e. The Morgan fingerprint density at radius 3 is 2.28 bits per heavy atom. The highest BCUT2D eigenvalue weighted by Crippen LogP contribution is 2.17. The summed E-state index contributed by atoms with van der Waals surface area (Å²) in [5.74, 6) is -0.181. The van der Waals surface area contributed by atoms with Gasteiger partial charge in [0.2, 0.25) is 0 Å². The maximum Gasteiger partial charge on any atom is 0.251 e. The fraction of sp³-hybridized carbons (Fsp3) is 0.364. The predicted molar refractivity (Wildman–Crippen MR) is 136 cm³/mol. The summed E-state index contributed by atoms with van der Waals surface area (Å²) >= 11 is 0. The molecule has 2 aromatic rings. The predicted octanol–water partition coefficient (Wildman–Crippen LogP) is 2.95. The summed E-state index contributed by atoms with van der Waals surface area (Å²) in [5.41, 5.74) is 2.34. The number of aryl methyl sites for hydroxylation is 2. The molecule has 0 spiro atoms. The van der Waals surface area contributed by atoms with Crippen molar-refractivity contribution in [3.05, 3.63) is 64.5 Å². The van der Waals surface area contributed by atoms with Gasteiger partial charge in [-0.1, -0.05) is 18.2 Å². The highest BCUT2D eigenvalue weighted by atomic mass is 127. The number of nitrogens with zero attached hydrogens (tertiary/aromatic N) is 1. The van der Waals surface area contributed by atoms with Crippen LogP contribution in [0.1, 0.15) is 34.0 Å². The first-order valence-electron chi connectivity index (χ1n) is 9.98. The molecule has 0 aliphatic rings. The van der Waals surface area contributed by atoms with Crippen LogP contribution in [0.15, 0.2) is 46.3 Å². The molecule has 0 aliphatic carbocycles. The maximum atomic E-state index is 13.6. The number of benzene rings is 2. The van der Waals surface area contributed by atoms with Crippen molar-refractivity contribution in [3.63, 3.8) is 0 Å². The minimum absolute atomic E-state index is 0. The Labute approximate surface area is 206 Å². The van der Waals surface area contributed by atoms with Crippen molar-refractivity contribution in [2.75, 3.05) is 25.9 Å². The van der Waals surface area contributed by atoms with Crippen molar-refractivity contribution >= 4 is 45.7 Å². The minimum atomic E-state index is -3.25. The van der Waals surface area contributed by atoms with E-state index in [1.165, 1.54) is 12.3 Å². The lowest BCUT2D eigenvalue weighted by Gasteiger charge is -2.12. The number of nitrogens with one attached hydrogen (secondary N) is 3. The molecule has 10 heteroatoms. The van der Waals surface area contributed by atoms with Crippen molar-refractivity contribution < 1.29 is 17.6 Å². The fourth-order valence-electron chi connectivity index (χ4n) is 2.93. The average Bonchev–Trinajstić information content (AvgIpc) is 2.70. The molecule has 1 amide bonds. The smallest absolute Gasteiger partial charge is 0.251 e. The first-order chi connectivity index (χ1) is 14.6. The Morgan fingerprint density at radius 1 is 1.00 bits per heavy atom. The second-order valence-corrected chi connectivity index (χ2v) is 9.20. The van der Waals surface area contributed by atoms with Crippen LogP contribution in [0.2, 0.25) is 0 Å². The lowest BCUT2D eigenvalue weighted by Crippen LogP contribution is -2.41. The molecule has 0 aromatic heterocycles. The molecule has 0 saturated carbocycles. The zero-order valence-electron chi connectivity index (χ0n) is 18.7. The molecule has 0 fully saturated rings. The summed E-state index contributed by atoms with van der Waals surface area (Å²) in [7, 11) is -3.25. The Bertz CT molecular complexity index is 1070. The first-order valence-corrected chi connectivity index (χ1v) is 11.9. The zero-order chi connectivity index (χ0) is 23.0. The summed E-state index contributed by atoms with van der Waals surface area (Å²) in [6.07, 6.45) is 1.19. The number of hydrogen-bond acceptors (Lipinski definition) is 4. The Balaban J connectivity index is 0.00000512. The average molecular weight is 576 g/mol. The molecule has 0 saturated heterocycles. The molecule has 0 heterocycles. The summed E-state index contributed by atoms with van der Waals surface area (Å²) in [5, 5.41) is 8.98. The van der Waals surface area contributed by atoms with Gasteiger partial charge >= 0.3 is 0 Å². The lowest BCUT2D eigenvalue weighted by molar-refractivity contribution is 0.0954. The van der Waals surface area contributed by atoms with E-state index in [1.807, 2.05) is 13.0 Å². The fourth-order valence-corrected chi connectivity index (χ4v) is 3.89. The highest BCUT2D eigenvalue weighted by molar-refractivity contribution is 14.0. The molecule has 0 atom stereocenters. The lowest BCUT2D eigenvalue weighted by atomic mass is 10.1. The van der Waals surface area contributed by atoms with E-state index in [0.29, 0.717) is 48.2 Å². The van der Waals surface area contributed by atoms with Gasteiger partial charge < -0.3 is 16.0 Å². The van der Waals surface area contributed by atoms with Crippen molar-refractivity contribution in [3.8, 4) is 0 Å². The second-order valence-electron chi connectivity index (χ2n) is 7.21. The standard InChI is InChI=1S/C22H29FN4O3S.HI/c1-5-24-22(27-14-17-7-9-20(16(3)12-17)31(4,29)30)26-11-10-25-21(28)18-8-6-15(2)19(23)13-18;/h6-9,12-13H,5,10-11,14H2,1-4H3,(H,25,28)(H2,24,26,27);1H. The number of halogens is 2. The topological polar surface area (TPSA) is 99.7 Å². The number of rotatable bonds is 8. The van der Waals surface area contributed by atoms with Crippen molar-refractivity contribution in [2.45, 2.75) is 32.2 Å². The van der Waals surface area contributed by atoms with E-state index < -0.39 is 15.7 Å². The quantitative estimate of drug-likeness (QED) is 0.194. The summed E-state index contributed by atoms with van der Waals surface area (Å²) in [6.45, 7) is 7.14. The third-order valence-electron chi connectivity index (χ3n) is 4.54. The summed E-state index contributed by atoms with van der Waals surface area (Å²) < 4.78 is 37.1. The third kappa shape index (κ3) is 8.38. The van der Waals surface area contributed by atoms with Crippen molar-refractivity contribution in [1.82, 2.24) is 16.0 Å². The van der Waals surface area contributed by atoms with E-state index in [1.54, 1.807) is 38.1 Å². The van der Waals surface area contributed by atoms with Crippen LogP contribution >= 0.6 is 24.0 Å². The monoisotopic (exact) mass is 576 g/mol. The molecule has 0 radical (unpaired) electrons. The maximum absolute atomic E-state index is 13.6. The number of carbonyl (C=O) groups is 1. The van der Waals surface area contributed by atoms with Gasteiger partial charge in [0.25, 0.3) is 5.91 Å².